The first-order chi connectivity index (χ1) is 9.52. The lowest BCUT2D eigenvalue weighted by atomic mass is 10.1. The van der Waals surface area contributed by atoms with Crippen LogP contribution in [0.3, 0.4) is 0 Å². The summed E-state index contributed by atoms with van der Waals surface area (Å²) in [5.41, 5.74) is 9.71. The van der Waals surface area contributed by atoms with Crippen molar-refractivity contribution in [2.24, 2.45) is 5.73 Å². The fourth-order valence-corrected chi connectivity index (χ4v) is 2.70. The number of halogens is 1. The minimum atomic E-state index is 0.0793. The molecule has 0 aliphatic heterocycles. The molecule has 2 aromatic carbocycles. The molecule has 4 heteroatoms. The second-order valence-corrected chi connectivity index (χ2v) is 5.51. The summed E-state index contributed by atoms with van der Waals surface area (Å²) >= 11 is 3.57. The van der Waals surface area contributed by atoms with Gasteiger partial charge >= 0.3 is 0 Å². The quantitative estimate of drug-likeness (QED) is 0.651. The standard InChI is InChI=1S/C16H18BrN3/c1-3-20(13-7-4-11(2)5-8-13)15-9-6-12(16(18)19)10-14(15)17/h4-10H,3H2,1-2H3,(H3,18,19). The predicted octanol–water partition coefficient (Wildman–Crippen LogP) is 4.20. The van der Waals surface area contributed by atoms with Crippen molar-refractivity contribution in [3.05, 3.63) is 58.1 Å². The molecule has 2 rings (SSSR count). The average Bonchev–Trinajstić information content (AvgIpc) is 2.43. The molecule has 104 valence electrons. The van der Waals surface area contributed by atoms with E-state index in [4.69, 9.17) is 11.1 Å². The summed E-state index contributed by atoms with van der Waals surface area (Å²) in [5.74, 6) is 0.0793. The van der Waals surface area contributed by atoms with Crippen molar-refractivity contribution in [2.45, 2.75) is 13.8 Å². The lowest BCUT2D eigenvalue weighted by Crippen LogP contribution is -2.17. The first-order valence-electron chi connectivity index (χ1n) is 6.51. The van der Waals surface area contributed by atoms with Crippen LogP contribution in [0, 0.1) is 12.3 Å². The minimum absolute atomic E-state index is 0.0793. The van der Waals surface area contributed by atoms with Gasteiger partial charge in [-0.05, 0) is 60.1 Å². The molecular weight excluding hydrogens is 314 g/mol. The fraction of sp³-hybridized carbons (Fsp3) is 0.188. The van der Waals surface area contributed by atoms with E-state index in [1.807, 2.05) is 18.2 Å². The number of amidine groups is 1. The van der Waals surface area contributed by atoms with E-state index < -0.39 is 0 Å². The summed E-state index contributed by atoms with van der Waals surface area (Å²) in [6.45, 7) is 5.06. The molecule has 0 aliphatic rings. The molecule has 0 saturated heterocycles. The number of rotatable bonds is 4. The summed E-state index contributed by atoms with van der Waals surface area (Å²) in [6, 6.07) is 14.2. The van der Waals surface area contributed by atoms with Gasteiger partial charge < -0.3 is 10.6 Å². The van der Waals surface area contributed by atoms with Crippen molar-refractivity contribution >= 4 is 33.1 Å². The van der Waals surface area contributed by atoms with Crippen LogP contribution in [0.25, 0.3) is 0 Å². The zero-order valence-corrected chi connectivity index (χ0v) is 13.2. The molecule has 0 spiro atoms. The molecule has 0 saturated carbocycles. The van der Waals surface area contributed by atoms with Crippen molar-refractivity contribution in [2.75, 3.05) is 11.4 Å². The Labute approximate surface area is 128 Å². The second-order valence-electron chi connectivity index (χ2n) is 4.66. The Morgan fingerprint density at radius 3 is 2.35 bits per heavy atom. The molecule has 20 heavy (non-hydrogen) atoms. The van der Waals surface area contributed by atoms with Crippen LogP contribution >= 0.6 is 15.9 Å². The van der Waals surface area contributed by atoms with Gasteiger partial charge in [-0.3, -0.25) is 5.41 Å². The van der Waals surface area contributed by atoms with E-state index in [1.165, 1.54) is 5.56 Å². The van der Waals surface area contributed by atoms with Crippen LogP contribution < -0.4 is 10.6 Å². The fourth-order valence-electron chi connectivity index (χ4n) is 2.11. The zero-order chi connectivity index (χ0) is 14.7. The van der Waals surface area contributed by atoms with Crippen molar-refractivity contribution < 1.29 is 0 Å². The summed E-state index contributed by atoms with van der Waals surface area (Å²) < 4.78 is 0.938. The van der Waals surface area contributed by atoms with Crippen LogP contribution in [0.4, 0.5) is 11.4 Å². The first-order valence-corrected chi connectivity index (χ1v) is 7.30. The van der Waals surface area contributed by atoms with Gasteiger partial charge in [-0.15, -0.1) is 0 Å². The van der Waals surface area contributed by atoms with E-state index in [1.54, 1.807) is 0 Å². The van der Waals surface area contributed by atoms with Crippen LogP contribution in [-0.4, -0.2) is 12.4 Å². The molecule has 0 aliphatic carbocycles. The van der Waals surface area contributed by atoms with Crippen molar-refractivity contribution in [1.29, 1.82) is 5.41 Å². The third-order valence-electron chi connectivity index (χ3n) is 3.21. The zero-order valence-electron chi connectivity index (χ0n) is 11.7. The Kier molecular flexibility index (Phi) is 4.45. The predicted molar refractivity (Wildman–Crippen MR) is 89.0 cm³/mol. The summed E-state index contributed by atoms with van der Waals surface area (Å²) in [6.07, 6.45) is 0. The Bertz CT molecular complexity index is 620. The van der Waals surface area contributed by atoms with Crippen LogP contribution in [0.2, 0.25) is 0 Å². The van der Waals surface area contributed by atoms with E-state index in [0.29, 0.717) is 0 Å². The number of hydrogen-bond donors (Lipinski definition) is 2. The van der Waals surface area contributed by atoms with Gasteiger partial charge in [0.15, 0.2) is 0 Å². The van der Waals surface area contributed by atoms with Crippen LogP contribution in [0.5, 0.6) is 0 Å². The van der Waals surface area contributed by atoms with E-state index in [0.717, 1.165) is 28.0 Å². The molecule has 3 N–H and O–H groups in total. The van der Waals surface area contributed by atoms with Gasteiger partial charge in [-0.1, -0.05) is 17.7 Å². The van der Waals surface area contributed by atoms with Crippen molar-refractivity contribution in [1.82, 2.24) is 0 Å². The number of hydrogen-bond acceptors (Lipinski definition) is 2. The minimum Gasteiger partial charge on any atom is -0.384 e. The lowest BCUT2D eigenvalue weighted by Gasteiger charge is -2.25. The summed E-state index contributed by atoms with van der Waals surface area (Å²) in [5, 5.41) is 7.49. The van der Waals surface area contributed by atoms with Crippen molar-refractivity contribution in [3.8, 4) is 0 Å². The maximum absolute atomic E-state index is 7.49. The van der Waals surface area contributed by atoms with Crippen LogP contribution in [-0.2, 0) is 0 Å². The molecule has 0 heterocycles. The topological polar surface area (TPSA) is 53.1 Å². The normalized spacial score (nSPS) is 10.3. The van der Waals surface area contributed by atoms with Gasteiger partial charge in [-0.25, -0.2) is 0 Å². The molecule has 0 unspecified atom stereocenters. The Balaban J connectivity index is 2.41. The van der Waals surface area contributed by atoms with Gasteiger partial charge in [0.25, 0.3) is 0 Å². The highest BCUT2D eigenvalue weighted by molar-refractivity contribution is 9.10. The van der Waals surface area contributed by atoms with Gasteiger partial charge in [0.2, 0.25) is 0 Å². The third kappa shape index (κ3) is 3.02. The van der Waals surface area contributed by atoms with Crippen LogP contribution in [0.15, 0.2) is 46.9 Å². The Morgan fingerprint density at radius 1 is 1.20 bits per heavy atom. The molecule has 0 atom stereocenters. The second kappa shape index (κ2) is 6.09. The SMILES string of the molecule is CCN(c1ccc(C)cc1)c1ccc(C(=N)N)cc1Br. The molecule has 0 bridgehead atoms. The van der Waals surface area contributed by atoms with Crippen LogP contribution in [0.1, 0.15) is 18.1 Å². The maximum atomic E-state index is 7.49. The highest BCUT2D eigenvalue weighted by Gasteiger charge is 2.11. The van der Waals surface area contributed by atoms with E-state index in [9.17, 15) is 0 Å². The Morgan fingerprint density at radius 2 is 1.85 bits per heavy atom. The molecule has 0 fully saturated rings. The third-order valence-corrected chi connectivity index (χ3v) is 3.85. The van der Waals surface area contributed by atoms with E-state index in [2.05, 4.69) is 58.9 Å². The smallest absolute Gasteiger partial charge is 0.122 e. The summed E-state index contributed by atoms with van der Waals surface area (Å²) in [7, 11) is 0. The molecule has 0 amide bonds. The molecule has 3 nitrogen and oxygen atoms in total. The maximum Gasteiger partial charge on any atom is 0.122 e. The molecule has 2 aromatic rings. The first kappa shape index (κ1) is 14.6. The number of benzene rings is 2. The number of nitrogens with zero attached hydrogens (tertiary/aromatic N) is 1. The summed E-state index contributed by atoms with van der Waals surface area (Å²) in [4.78, 5) is 2.22. The largest absolute Gasteiger partial charge is 0.384 e. The lowest BCUT2D eigenvalue weighted by molar-refractivity contribution is 1.02. The number of aryl methyl sites for hydroxylation is 1. The highest BCUT2D eigenvalue weighted by Crippen LogP contribution is 2.32. The van der Waals surface area contributed by atoms with Gasteiger partial charge in [0.1, 0.15) is 5.84 Å². The van der Waals surface area contributed by atoms with Gasteiger partial charge in [-0.2, -0.15) is 0 Å². The highest BCUT2D eigenvalue weighted by atomic mass is 79.9. The number of nitrogens with two attached hydrogens (primary N) is 1. The van der Waals surface area contributed by atoms with E-state index >= 15 is 0 Å². The van der Waals surface area contributed by atoms with Crippen molar-refractivity contribution in [3.63, 3.8) is 0 Å². The van der Waals surface area contributed by atoms with Gasteiger partial charge in [0.05, 0.1) is 5.69 Å². The molecule has 0 radical (unpaired) electrons. The number of nitrogen functional groups attached to an aromatic ring is 1. The van der Waals surface area contributed by atoms with E-state index in [-0.39, 0.29) is 5.84 Å². The number of nitrogens with one attached hydrogen (secondary N) is 1. The molecular formula is C16H18BrN3. The average molecular weight is 332 g/mol. The monoisotopic (exact) mass is 331 g/mol. The molecule has 0 aromatic heterocycles. The van der Waals surface area contributed by atoms with Gasteiger partial charge in [0, 0.05) is 22.3 Å². The Hall–Kier alpha value is -1.81. The number of anilines is 2.